The fourth-order valence-corrected chi connectivity index (χ4v) is 4.69. The van der Waals surface area contributed by atoms with Crippen molar-refractivity contribution in [2.24, 2.45) is 17.8 Å². The van der Waals surface area contributed by atoms with Gasteiger partial charge >= 0.3 is 0 Å². The van der Waals surface area contributed by atoms with E-state index >= 15 is 0 Å². The molecule has 0 spiro atoms. The molecule has 1 amide bonds. The van der Waals surface area contributed by atoms with Gasteiger partial charge in [-0.05, 0) is 37.5 Å². The second-order valence-corrected chi connectivity index (χ2v) is 7.03. The Bertz CT molecular complexity index is 315. The zero-order valence-corrected chi connectivity index (χ0v) is 12.6. The maximum Gasteiger partial charge on any atom is 0.226 e. The van der Waals surface area contributed by atoms with Crippen LogP contribution in [0, 0.1) is 17.8 Å². The van der Waals surface area contributed by atoms with Crippen molar-refractivity contribution in [3.63, 3.8) is 0 Å². The summed E-state index contributed by atoms with van der Waals surface area (Å²) in [4.78, 5) is 15.0. The molecule has 108 valence electrons. The highest BCUT2D eigenvalue weighted by atomic mass is 35.5. The van der Waals surface area contributed by atoms with Gasteiger partial charge in [-0.2, -0.15) is 0 Å². The minimum atomic E-state index is 0.368. The molecule has 3 heteroatoms. The summed E-state index contributed by atoms with van der Waals surface area (Å²) in [7, 11) is 0. The molecule has 2 atom stereocenters. The number of nitrogens with zero attached hydrogens (tertiary/aromatic N) is 1. The highest BCUT2D eigenvalue weighted by Gasteiger charge is 2.56. The number of hydrogen-bond acceptors (Lipinski definition) is 1. The van der Waals surface area contributed by atoms with Gasteiger partial charge in [0, 0.05) is 24.4 Å². The van der Waals surface area contributed by atoms with Crippen LogP contribution in [0.2, 0.25) is 0 Å². The van der Waals surface area contributed by atoms with Gasteiger partial charge in [-0.25, -0.2) is 0 Å². The lowest BCUT2D eigenvalue weighted by molar-refractivity contribution is -0.136. The van der Waals surface area contributed by atoms with Crippen LogP contribution in [0.5, 0.6) is 0 Å². The summed E-state index contributed by atoms with van der Waals surface area (Å²) in [5, 5.41) is 0. The lowest BCUT2D eigenvalue weighted by atomic mass is 9.93. The number of amides is 1. The van der Waals surface area contributed by atoms with Crippen LogP contribution in [0.25, 0.3) is 0 Å². The molecule has 0 saturated heterocycles. The first kappa shape index (κ1) is 13.7. The molecule has 0 aromatic rings. The van der Waals surface area contributed by atoms with Crippen molar-refractivity contribution in [1.29, 1.82) is 0 Å². The van der Waals surface area contributed by atoms with E-state index in [1.165, 1.54) is 57.8 Å². The highest BCUT2D eigenvalue weighted by Crippen LogP contribution is 2.56. The van der Waals surface area contributed by atoms with Crippen LogP contribution in [0.4, 0.5) is 0 Å². The van der Waals surface area contributed by atoms with E-state index in [9.17, 15) is 4.79 Å². The van der Waals surface area contributed by atoms with Crippen LogP contribution in [-0.2, 0) is 4.79 Å². The Morgan fingerprint density at radius 2 is 1.53 bits per heavy atom. The molecule has 0 N–H and O–H groups in total. The summed E-state index contributed by atoms with van der Waals surface area (Å²) in [6, 6.07) is 0.489. The van der Waals surface area contributed by atoms with Crippen LogP contribution < -0.4 is 0 Å². The second kappa shape index (κ2) is 6.03. The molecule has 2 nitrogen and oxygen atoms in total. The molecular formula is C16H26ClNO. The summed E-state index contributed by atoms with van der Waals surface area (Å²) in [6.07, 6.45) is 11.6. The van der Waals surface area contributed by atoms with Crippen molar-refractivity contribution in [1.82, 2.24) is 4.90 Å². The first-order valence-electron chi connectivity index (χ1n) is 8.19. The van der Waals surface area contributed by atoms with E-state index in [0.29, 0.717) is 23.7 Å². The lowest BCUT2D eigenvalue weighted by Crippen LogP contribution is -2.43. The van der Waals surface area contributed by atoms with Crippen LogP contribution >= 0.6 is 11.6 Å². The van der Waals surface area contributed by atoms with E-state index < -0.39 is 0 Å². The van der Waals surface area contributed by atoms with Gasteiger partial charge in [0.2, 0.25) is 5.91 Å². The van der Waals surface area contributed by atoms with E-state index in [-0.39, 0.29) is 0 Å². The fourth-order valence-electron chi connectivity index (χ4n) is 4.51. The van der Waals surface area contributed by atoms with Crippen LogP contribution in [0.3, 0.4) is 0 Å². The van der Waals surface area contributed by atoms with Crippen molar-refractivity contribution in [3.05, 3.63) is 0 Å². The number of rotatable bonds is 4. The smallest absolute Gasteiger partial charge is 0.226 e. The molecule has 3 aliphatic carbocycles. The molecule has 0 bridgehead atoms. The summed E-state index contributed by atoms with van der Waals surface area (Å²) in [5.74, 6) is 2.85. The molecule has 2 unspecified atom stereocenters. The van der Waals surface area contributed by atoms with Crippen molar-refractivity contribution >= 4 is 17.5 Å². The van der Waals surface area contributed by atoms with Crippen molar-refractivity contribution < 1.29 is 4.79 Å². The monoisotopic (exact) mass is 283 g/mol. The van der Waals surface area contributed by atoms with Gasteiger partial charge in [-0.15, -0.1) is 11.6 Å². The third-order valence-electron chi connectivity index (χ3n) is 5.57. The van der Waals surface area contributed by atoms with E-state index in [0.717, 1.165) is 18.4 Å². The quantitative estimate of drug-likeness (QED) is 0.718. The van der Waals surface area contributed by atoms with Crippen LogP contribution in [-0.4, -0.2) is 29.3 Å². The minimum absolute atomic E-state index is 0.368. The van der Waals surface area contributed by atoms with Crippen molar-refractivity contribution in [2.75, 3.05) is 12.4 Å². The van der Waals surface area contributed by atoms with Gasteiger partial charge in [-0.3, -0.25) is 4.79 Å². The second-order valence-electron chi connectivity index (χ2n) is 6.65. The molecule has 0 aliphatic heterocycles. The zero-order valence-electron chi connectivity index (χ0n) is 11.8. The highest BCUT2D eigenvalue weighted by molar-refractivity contribution is 6.18. The Balaban J connectivity index is 1.64. The number of fused-ring (bicyclic) bond motifs is 1. The molecule has 0 radical (unpaired) electrons. The van der Waals surface area contributed by atoms with E-state index in [1.54, 1.807) is 0 Å². The van der Waals surface area contributed by atoms with Gasteiger partial charge in [0.15, 0.2) is 0 Å². The summed E-state index contributed by atoms with van der Waals surface area (Å²) in [5.41, 5.74) is 0. The Hall–Kier alpha value is -0.240. The Kier molecular flexibility index (Phi) is 4.36. The molecule has 3 saturated carbocycles. The van der Waals surface area contributed by atoms with Gasteiger partial charge in [0.25, 0.3) is 0 Å². The van der Waals surface area contributed by atoms with E-state index in [1.807, 2.05) is 0 Å². The average molecular weight is 284 g/mol. The number of alkyl halides is 1. The van der Waals surface area contributed by atoms with Crippen molar-refractivity contribution in [2.45, 2.75) is 63.8 Å². The predicted molar refractivity (Wildman–Crippen MR) is 78.2 cm³/mol. The maximum absolute atomic E-state index is 12.8. The van der Waals surface area contributed by atoms with E-state index in [2.05, 4.69) is 4.90 Å². The molecule has 3 aliphatic rings. The predicted octanol–water partition coefficient (Wildman–Crippen LogP) is 3.82. The molecule has 0 heterocycles. The van der Waals surface area contributed by atoms with Crippen LogP contribution in [0.1, 0.15) is 57.8 Å². The van der Waals surface area contributed by atoms with Gasteiger partial charge < -0.3 is 4.90 Å². The summed E-state index contributed by atoms with van der Waals surface area (Å²) in [6.45, 7) is 0.765. The molecular weight excluding hydrogens is 258 g/mol. The number of carbonyl (C=O) groups excluding carboxylic acids is 1. The van der Waals surface area contributed by atoms with Crippen LogP contribution in [0.15, 0.2) is 0 Å². The van der Waals surface area contributed by atoms with Gasteiger partial charge in [0.05, 0.1) is 0 Å². The molecule has 0 aromatic heterocycles. The molecule has 3 rings (SSSR count). The average Bonchev–Trinajstić information content (AvgIpc) is 3.19. The topological polar surface area (TPSA) is 20.3 Å². The van der Waals surface area contributed by atoms with Gasteiger partial charge in [-0.1, -0.05) is 32.1 Å². The van der Waals surface area contributed by atoms with E-state index in [4.69, 9.17) is 11.6 Å². The summed E-state index contributed by atoms with van der Waals surface area (Å²) < 4.78 is 0. The molecule has 19 heavy (non-hydrogen) atoms. The molecule has 0 aromatic carbocycles. The normalized spacial score (nSPS) is 34.7. The first-order chi connectivity index (χ1) is 9.33. The number of hydrogen-bond donors (Lipinski definition) is 0. The SMILES string of the molecule is O=C(C1C2CCCCC21)N(CCCl)C1CCCCC1. The Labute approximate surface area is 121 Å². The number of halogens is 1. The minimum Gasteiger partial charge on any atom is -0.338 e. The maximum atomic E-state index is 12.8. The third-order valence-corrected chi connectivity index (χ3v) is 5.73. The van der Waals surface area contributed by atoms with Crippen molar-refractivity contribution in [3.8, 4) is 0 Å². The Morgan fingerprint density at radius 3 is 2.11 bits per heavy atom. The Morgan fingerprint density at radius 1 is 0.947 bits per heavy atom. The molecule has 3 fully saturated rings. The standard InChI is InChI=1S/C16H26ClNO/c17-10-11-18(12-6-2-1-3-7-12)16(19)15-13-8-4-5-9-14(13)15/h12-15H,1-11H2. The zero-order chi connectivity index (χ0) is 13.2. The first-order valence-corrected chi connectivity index (χ1v) is 8.73. The van der Waals surface area contributed by atoms with Gasteiger partial charge in [0.1, 0.15) is 0 Å². The fraction of sp³-hybridized carbons (Fsp3) is 0.938. The summed E-state index contributed by atoms with van der Waals surface area (Å²) >= 11 is 5.94. The third kappa shape index (κ3) is 2.79. The lowest BCUT2D eigenvalue weighted by Gasteiger charge is -2.34. The number of carbonyl (C=O) groups is 1. The largest absolute Gasteiger partial charge is 0.338 e.